The van der Waals surface area contributed by atoms with Crippen LogP contribution in [-0.4, -0.2) is 38.7 Å². The number of aryl methyl sites for hydroxylation is 1. The lowest BCUT2D eigenvalue weighted by Gasteiger charge is -2.28. The summed E-state index contributed by atoms with van der Waals surface area (Å²) in [5.74, 6) is -0.173. The molecule has 1 unspecified atom stereocenters. The Kier molecular flexibility index (Phi) is 5.20. The summed E-state index contributed by atoms with van der Waals surface area (Å²) in [6.07, 6.45) is 0.229. The van der Waals surface area contributed by atoms with Gasteiger partial charge >= 0.3 is 6.18 Å². The van der Waals surface area contributed by atoms with Gasteiger partial charge in [0.25, 0.3) is 5.91 Å². The van der Waals surface area contributed by atoms with Crippen LogP contribution in [0.1, 0.15) is 59.1 Å². The Labute approximate surface area is 176 Å². The number of nitrogens with one attached hydrogen (secondary N) is 1. The number of carbonyl (C=O) groups is 1. The van der Waals surface area contributed by atoms with Crippen LogP contribution in [0.5, 0.6) is 0 Å². The lowest BCUT2D eigenvalue weighted by Crippen LogP contribution is -2.47. The molecule has 1 saturated heterocycles. The van der Waals surface area contributed by atoms with Crippen LogP contribution in [0.25, 0.3) is 5.65 Å². The molecule has 4 heterocycles. The summed E-state index contributed by atoms with van der Waals surface area (Å²) >= 11 is 0. The van der Waals surface area contributed by atoms with Gasteiger partial charge < -0.3 is 10.1 Å². The molecule has 3 aromatic heterocycles. The van der Waals surface area contributed by atoms with Gasteiger partial charge in [0, 0.05) is 31.6 Å². The second kappa shape index (κ2) is 7.60. The minimum absolute atomic E-state index is 0.111. The Morgan fingerprint density at radius 1 is 1.26 bits per heavy atom. The van der Waals surface area contributed by atoms with Gasteiger partial charge in [0.1, 0.15) is 11.1 Å². The highest BCUT2D eigenvalue weighted by Gasteiger charge is 2.41. The number of fused-ring (bicyclic) bond motifs is 1. The first-order chi connectivity index (χ1) is 14.6. The van der Waals surface area contributed by atoms with E-state index in [0.29, 0.717) is 35.6 Å². The fraction of sp³-hybridized carbons (Fsp3) is 0.429. The van der Waals surface area contributed by atoms with Gasteiger partial charge in [0.2, 0.25) is 0 Å². The third-order valence-electron chi connectivity index (χ3n) is 5.52. The Morgan fingerprint density at radius 2 is 2.03 bits per heavy atom. The van der Waals surface area contributed by atoms with Gasteiger partial charge in [-0.25, -0.2) is 9.50 Å². The molecular weight excluding hydrogens is 411 g/mol. The van der Waals surface area contributed by atoms with E-state index < -0.39 is 23.2 Å². The molecule has 0 saturated carbocycles. The molecule has 3 aromatic rings. The first-order valence-electron chi connectivity index (χ1n) is 9.89. The molecule has 0 aromatic carbocycles. The highest BCUT2D eigenvalue weighted by atomic mass is 19.4. The molecule has 1 atom stereocenters. The maximum absolute atomic E-state index is 13.3. The zero-order chi connectivity index (χ0) is 22.4. The smallest absolute Gasteiger partial charge is 0.378 e. The van der Waals surface area contributed by atoms with E-state index in [1.165, 1.54) is 6.07 Å². The molecule has 0 spiro atoms. The average molecular weight is 433 g/mol. The number of hydrogen-bond acceptors (Lipinski definition) is 5. The van der Waals surface area contributed by atoms with E-state index in [0.717, 1.165) is 17.8 Å². The molecule has 1 amide bonds. The Balaban J connectivity index is 1.68. The van der Waals surface area contributed by atoms with E-state index >= 15 is 0 Å². The van der Waals surface area contributed by atoms with Crippen molar-refractivity contribution >= 4 is 11.6 Å². The van der Waals surface area contributed by atoms with Gasteiger partial charge in [-0.05, 0) is 30.5 Å². The lowest BCUT2D eigenvalue weighted by molar-refractivity contribution is -0.137. The number of nitrogens with zero attached hydrogens (tertiary/aromatic N) is 4. The van der Waals surface area contributed by atoms with Crippen molar-refractivity contribution in [3.8, 4) is 0 Å². The zero-order valence-corrected chi connectivity index (χ0v) is 17.3. The number of halogens is 3. The summed E-state index contributed by atoms with van der Waals surface area (Å²) in [4.78, 5) is 21.7. The van der Waals surface area contributed by atoms with Crippen LogP contribution >= 0.6 is 0 Å². The Bertz CT molecular complexity index is 1120. The van der Waals surface area contributed by atoms with E-state index in [1.807, 2.05) is 20.0 Å². The number of aromatic nitrogens is 4. The minimum Gasteiger partial charge on any atom is -0.378 e. The predicted molar refractivity (Wildman–Crippen MR) is 106 cm³/mol. The zero-order valence-electron chi connectivity index (χ0n) is 17.3. The maximum Gasteiger partial charge on any atom is 0.417 e. The number of pyridine rings is 1. The predicted octanol–water partition coefficient (Wildman–Crippen LogP) is 3.62. The molecule has 31 heavy (non-hydrogen) atoms. The van der Waals surface area contributed by atoms with E-state index in [1.54, 1.807) is 17.6 Å². The number of amides is 1. The minimum atomic E-state index is -4.48. The monoisotopic (exact) mass is 433 g/mol. The van der Waals surface area contributed by atoms with E-state index in [-0.39, 0.29) is 12.5 Å². The van der Waals surface area contributed by atoms with Crippen molar-refractivity contribution in [3.05, 3.63) is 58.8 Å². The summed E-state index contributed by atoms with van der Waals surface area (Å²) in [5.41, 5.74) is 0.648. The molecule has 1 aliphatic rings. The van der Waals surface area contributed by atoms with Gasteiger partial charge in [-0.2, -0.15) is 18.3 Å². The first-order valence-corrected chi connectivity index (χ1v) is 9.89. The van der Waals surface area contributed by atoms with Crippen LogP contribution < -0.4 is 5.32 Å². The quantitative estimate of drug-likeness (QED) is 0.680. The number of rotatable bonds is 4. The Morgan fingerprint density at radius 3 is 2.61 bits per heavy atom. The van der Waals surface area contributed by atoms with Crippen LogP contribution in [0.15, 0.2) is 30.7 Å². The summed E-state index contributed by atoms with van der Waals surface area (Å²) < 4.78 is 45.8. The topological polar surface area (TPSA) is 81.4 Å². The first kappa shape index (κ1) is 21.2. The summed E-state index contributed by atoms with van der Waals surface area (Å²) in [7, 11) is 0. The SMILES string of the molecule is Cc1nn2cc(C(C)C)cnc2c1C(=O)NC1(c2ccc(C(F)(F)F)cn2)CCOC1. The van der Waals surface area contributed by atoms with E-state index in [9.17, 15) is 18.0 Å². The molecular formula is C21H22F3N5O2. The second-order valence-electron chi connectivity index (χ2n) is 8.04. The van der Waals surface area contributed by atoms with Crippen LogP contribution in [-0.2, 0) is 16.5 Å². The van der Waals surface area contributed by atoms with Crippen molar-refractivity contribution < 1.29 is 22.7 Å². The second-order valence-corrected chi connectivity index (χ2v) is 8.04. The van der Waals surface area contributed by atoms with Crippen molar-refractivity contribution in [1.82, 2.24) is 24.9 Å². The van der Waals surface area contributed by atoms with Gasteiger partial charge in [0.15, 0.2) is 5.65 Å². The van der Waals surface area contributed by atoms with Gasteiger partial charge in [-0.1, -0.05) is 13.8 Å². The summed E-state index contributed by atoms with van der Waals surface area (Å²) in [6.45, 7) is 6.25. The highest BCUT2D eigenvalue weighted by molar-refractivity contribution is 6.01. The third-order valence-corrected chi connectivity index (χ3v) is 5.52. The number of hydrogen-bond donors (Lipinski definition) is 1. The van der Waals surface area contributed by atoms with Gasteiger partial charge in [-0.15, -0.1) is 0 Å². The maximum atomic E-state index is 13.3. The normalized spacial score (nSPS) is 19.3. The molecule has 1 fully saturated rings. The Hall–Kier alpha value is -3.01. The van der Waals surface area contributed by atoms with E-state index in [4.69, 9.17) is 4.74 Å². The highest BCUT2D eigenvalue weighted by Crippen LogP contribution is 2.33. The van der Waals surface area contributed by atoms with E-state index in [2.05, 4.69) is 20.4 Å². The molecule has 1 aliphatic heterocycles. The van der Waals surface area contributed by atoms with Crippen molar-refractivity contribution in [2.24, 2.45) is 0 Å². The molecule has 0 radical (unpaired) electrons. The molecule has 7 nitrogen and oxygen atoms in total. The standard InChI is InChI=1S/C21H22F3N5O2/c1-12(2)14-8-26-18-17(13(3)28-29(18)10-14)19(30)27-20(6-7-31-11-20)16-5-4-15(9-25-16)21(22,23)24/h4-5,8-10,12H,6-7,11H2,1-3H3,(H,27,30). The number of carbonyl (C=O) groups excluding carboxylic acids is 1. The van der Waals surface area contributed by atoms with Gasteiger partial charge in [0.05, 0.1) is 23.6 Å². The van der Waals surface area contributed by atoms with Crippen LogP contribution in [0.2, 0.25) is 0 Å². The molecule has 1 N–H and O–H groups in total. The van der Waals surface area contributed by atoms with Crippen molar-refractivity contribution in [3.63, 3.8) is 0 Å². The average Bonchev–Trinajstić information content (AvgIpc) is 3.31. The van der Waals surface area contributed by atoms with Gasteiger partial charge in [-0.3, -0.25) is 9.78 Å². The molecule has 10 heteroatoms. The summed E-state index contributed by atoms with van der Waals surface area (Å²) in [6, 6.07) is 2.25. The number of ether oxygens (including phenoxy) is 1. The van der Waals surface area contributed by atoms with Crippen molar-refractivity contribution in [1.29, 1.82) is 0 Å². The van der Waals surface area contributed by atoms with Crippen LogP contribution in [0.4, 0.5) is 13.2 Å². The third kappa shape index (κ3) is 3.87. The molecule has 164 valence electrons. The number of alkyl halides is 3. The molecule has 0 aliphatic carbocycles. The molecule has 4 rings (SSSR count). The van der Waals surface area contributed by atoms with Crippen molar-refractivity contribution in [2.75, 3.05) is 13.2 Å². The summed E-state index contributed by atoms with van der Waals surface area (Å²) in [5, 5.41) is 7.35. The van der Waals surface area contributed by atoms with Crippen LogP contribution in [0.3, 0.4) is 0 Å². The van der Waals surface area contributed by atoms with Crippen molar-refractivity contribution in [2.45, 2.75) is 44.8 Å². The fourth-order valence-electron chi connectivity index (χ4n) is 3.68. The largest absolute Gasteiger partial charge is 0.417 e. The lowest BCUT2D eigenvalue weighted by atomic mass is 9.92. The fourth-order valence-corrected chi connectivity index (χ4v) is 3.68. The van der Waals surface area contributed by atoms with Crippen LogP contribution in [0, 0.1) is 6.92 Å². The molecule has 0 bridgehead atoms.